The van der Waals surface area contributed by atoms with Gasteiger partial charge in [-0.1, -0.05) is 0 Å². The van der Waals surface area contributed by atoms with Crippen molar-refractivity contribution in [3.05, 3.63) is 58.4 Å². The molecule has 1 aromatic carbocycles. The summed E-state index contributed by atoms with van der Waals surface area (Å²) in [6, 6.07) is 6.97. The van der Waals surface area contributed by atoms with Crippen molar-refractivity contribution in [1.29, 1.82) is 0 Å². The average molecular weight is 339 g/mol. The molecule has 0 saturated carbocycles. The van der Waals surface area contributed by atoms with Crippen LogP contribution in [0.4, 0.5) is 0 Å². The number of benzene rings is 1. The van der Waals surface area contributed by atoms with Crippen molar-refractivity contribution in [3.63, 3.8) is 0 Å². The molecule has 6 heteroatoms. The number of ether oxygens (including phenoxy) is 2. The quantitative estimate of drug-likeness (QED) is 0.804. The Hall–Kier alpha value is -3.15. The van der Waals surface area contributed by atoms with Crippen LogP contribution in [0.15, 0.2) is 41.6 Å². The van der Waals surface area contributed by atoms with Gasteiger partial charge in [-0.15, -0.1) is 0 Å². The fourth-order valence-corrected chi connectivity index (χ4v) is 2.88. The first-order valence-corrected chi connectivity index (χ1v) is 7.65. The molecule has 0 atom stereocenters. The first-order valence-electron chi connectivity index (χ1n) is 7.65. The highest BCUT2D eigenvalue weighted by Gasteiger charge is 2.36. The number of ketones is 2. The number of rotatable bonds is 3. The summed E-state index contributed by atoms with van der Waals surface area (Å²) in [6.07, 6.45) is 1.47. The zero-order valence-electron chi connectivity index (χ0n) is 14.4. The third-order valence-electron chi connectivity index (χ3n) is 4.45. The lowest BCUT2D eigenvalue weighted by Crippen LogP contribution is -2.22. The Morgan fingerprint density at radius 2 is 1.56 bits per heavy atom. The maximum absolute atomic E-state index is 12.8. The Morgan fingerprint density at radius 1 is 0.960 bits per heavy atom. The predicted molar refractivity (Wildman–Crippen MR) is 90.7 cm³/mol. The molecular weight excluding hydrogens is 322 g/mol. The summed E-state index contributed by atoms with van der Waals surface area (Å²) >= 11 is 0. The normalized spacial score (nSPS) is 13.8. The van der Waals surface area contributed by atoms with Crippen LogP contribution in [0.5, 0.6) is 5.75 Å². The Balaban J connectivity index is 2.29. The van der Waals surface area contributed by atoms with Crippen LogP contribution in [0, 0.1) is 0 Å². The summed E-state index contributed by atoms with van der Waals surface area (Å²) in [5.41, 5.74) is 1.71. The molecule has 0 amide bonds. The van der Waals surface area contributed by atoms with Crippen molar-refractivity contribution in [2.24, 2.45) is 0 Å². The van der Waals surface area contributed by atoms with Gasteiger partial charge in [0.25, 0.3) is 0 Å². The Morgan fingerprint density at radius 3 is 2.12 bits per heavy atom. The summed E-state index contributed by atoms with van der Waals surface area (Å²) < 4.78 is 11.5. The molecule has 6 nitrogen and oxygen atoms in total. The number of nitrogens with zero attached hydrogens (tertiary/aromatic N) is 1. The fraction of sp³-hybridized carbons (Fsp3) is 0.211. The van der Waals surface area contributed by atoms with E-state index in [9.17, 15) is 14.4 Å². The van der Waals surface area contributed by atoms with Gasteiger partial charge in [0, 0.05) is 23.0 Å². The molecule has 1 aromatic heterocycles. The van der Waals surface area contributed by atoms with Crippen molar-refractivity contribution >= 4 is 17.5 Å². The number of carbonyl (C=O) groups is 3. The SMILES string of the molecule is COC(=O)c1cn(-c2ccc(OC)cc2)c2c1C(=O)C(C)=C(C)C2=O. The van der Waals surface area contributed by atoms with Crippen LogP contribution >= 0.6 is 0 Å². The largest absolute Gasteiger partial charge is 0.497 e. The van der Waals surface area contributed by atoms with Gasteiger partial charge in [-0.3, -0.25) is 9.59 Å². The van der Waals surface area contributed by atoms with Gasteiger partial charge in [-0.25, -0.2) is 4.79 Å². The average Bonchev–Trinajstić information content (AvgIpc) is 3.04. The van der Waals surface area contributed by atoms with Crippen molar-refractivity contribution < 1.29 is 23.9 Å². The van der Waals surface area contributed by atoms with Crippen molar-refractivity contribution in [1.82, 2.24) is 4.57 Å². The van der Waals surface area contributed by atoms with Gasteiger partial charge in [0.1, 0.15) is 11.4 Å². The molecule has 3 rings (SSSR count). The molecule has 0 spiro atoms. The Bertz CT molecular complexity index is 931. The van der Waals surface area contributed by atoms with E-state index >= 15 is 0 Å². The van der Waals surface area contributed by atoms with Gasteiger partial charge in [-0.05, 0) is 38.1 Å². The third-order valence-corrected chi connectivity index (χ3v) is 4.45. The highest BCUT2D eigenvalue weighted by Crippen LogP contribution is 2.32. The smallest absolute Gasteiger partial charge is 0.340 e. The lowest BCUT2D eigenvalue weighted by Gasteiger charge is -2.17. The molecular formula is C19H17NO5. The molecule has 0 fully saturated rings. The van der Waals surface area contributed by atoms with Crippen LogP contribution in [-0.4, -0.2) is 36.3 Å². The summed E-state index contributed by atoms with van der Waals surface area (Å²) in [6.45, 7) is 3.20. The van der Waals surface area contributed by atoms with E-state index in [0.29, 0.717) is 22.6 Å². The topological polar surface area (TPSA) is 74.6 Å². The van der Waals surface area contributed by atoms with E-state index in [0.717, 1.165) is 0 Å². The summed E-state index contributed by atoms with van der Waals surface area (Å²) in [5.74, 6) is -0.609. The minimum absolute atomic E-state index is 0.0820. The van der Waals surface area contributed by atoms with Crippen LogP contribution in [0.1, 0.15) is 45.1 Å². The molecule has 128 valence electrons. The van der Waals surface area contributed by atoms with Gasteiger partial charge >= 0.3 is 5.97 Å². The highest BCUT2D eigenvalue weighted by molar-refractivity contribution is 6.28. The van der Waals surface area contributed by atoms with E-state index in [4.69, 9.17) is 9.47 Å². The molecule has 1 aliphatic rings. The van der Waals surface area contributed by atoms with E-state index in [1.165, 1.54) is 13.3 Å². The van der Waals surface area contributed by atoms with Crippen LogP contribution in [0.25, 0.3) is 5.69 Å². The van der Waals surface area contributed by atoms with E-state index < -0.39 is 5.97 Å². The molecule has 0 radical (unpaired) electrons. The molecule has 0 saturated heterocycles. The van der Waals surface area contributed by atoms with Gasteiger partial charge < -0.3 is 14.0 Å². The van der Waals surface area contributed by atoms with Gasteiger partial charge in [0.05, 0.1) is 25.3 Å². The minimum Gasteiger partial charge on any atom is -0.497 e. The minimum atomic E-state index is -0.656. The Labute approximate surface area is 144 Å². The number of esters is 1. The van der Waals surface area contributed by atoms with Gasteiger partial charge in [0.2, 0.25) is 5.78 Å². The van der Waals surface area contributed by atoms with Crippen LogP contribution in [0.2, 0.25) is 0 Å². The first kappa shape index (κ1) is 16.7. The molecule has 0 N–H and O–H groups in total. The summed E-state index contributed by atoms with van der Waals surface area (Å²) in [7, 11) is 2.80. The number of carbonyl (C=O) groups excluding carboxylic acids is 3. The summed E-state index contributed by atoms with van der Waals surface area (Å²) in [4.78, 5) is 37.6. The zero-order valence-corrected chi connectivity index (χ0v) is 14.4. The van der Waals surface area contributed by atoms with Crippen molar-refractivity contribution in [2.45, 2.75) is 13.8 Å². The van der Waals surface area contributed by atoms with Crippen LogP contribution < -0.4 is 4.74 Å². The van der Waals surface area contributed by atoms with E-state index in [-0.39, 0.29) is 28.4 Å². The van der Waals surface area contributed by atoms with Crippen LogP contribution in [-0.2, 0) is 4.74 Å². The molecule has 25 heavy (non-hydrogen) atoms. The Kier molecular flexibility index (Phi) is 4.04. The van der Waals surface area contributed by atoms with Gasteiger partial charge in [-0.2, -0.15) is 0 Å². The van der Waals surface area contributed by atoms with E-state index in [2.05, 4.69) is 0 Å². The summed E-state index contributed by atoms with van der Waals surface area (Å²) in [5, 5.41) is 0. The zero-order chi connectivity index (χ0) is 18.3. The van der Waals surface area contributed by atoms with Crippen molar-refractivity contribution in [3.8, 4) is 11.4 Å². The molecule has 0 unspecified atom stereocenters. The third kappa shape index (κ3) is 2.46. The molecule has 0 bridgehead atoms. The van der Waals surface area contributed by atoms with E-state index in [1.807, 2.05) is 0 Å². The number of fused-ring (bicyclic) bond motifs is 1. The standard InChI is InChI=1S/C19H17NO5/c1-10-11(2)18(22)16-15(17(10)21)14(19(23)25-4)9-20(16)12-5-7-13(24-3)8-6-12/h5-9H,1-4H3. The number of hydrogen-bond acceptors (Lipinski definition) is 5. The van der Waals surface area contributed by atoms with Crippen molar-refractivity contribution in [2.75, 3.05) is 14.2 Å². The lowest BCUT2D eigenvalue weighted by atomic mass is 9.88. The number of Topliss-reactive ketones (excluding diaryl/α,β-unsaturated/α-hetero) is 2. The first-order chi connectivity index (χ1) is 11.9. The highest BCUT2D eigenvalue weighted by atomic mass is 16.5. The van der Waals surface area contributed by atoms with E-state index in [1.54, 1.807) is 49.8 Å². The number of methoxy groups -OCH3 is 2. The number of hydrogen-bond donors (Lipinski definition) is 0. The molecule has 1 aliphatic carbocycles. The molecule has 2 aromatic rings. The predicted octanol–water partition coefficient (Wildman–Crippen LogP) is 2.99. The monoisotopic (exact) mass is 339 g/mol. The van der Waals surface area contributed by atoms with Crippen LogP contribution in [0.3, 0.4) is 0 Å². The number of allylic oxidation sites excluding steroid dienone is 2. The molecule has 1 heterocycles. The maximum Gasteiger partial charge on any atom is 0.340 e. The second kappa shape index (κ2) is 6.05. The lowest BCUT2D eigenvalue weighted by molar-refractivity contribution is 0.0597. The fourth-order valence-electron chi connectivity index (χ4n) is 2.88. The number of aromatic nitrogens is 1. The molecule has 0 aliphatic heterocycles. The van der Waals surface area contributed by atoms with Gasteiger partial charge in [0.15, 0.2) is 5.78 Å². The second-order valence-corrected chi connectivity index (χ2v) is 5.73. The second-order valence-electron chi connectivity index (χ2n) is 5.73. The maximum atomic E-state index is 12.8.